The second-order valence-corrected chi connectivity index (χ2v) is 3.19. The van der Waals surface area contributed by atoms with Crippen molar-refractivity contribution >= 4 is 5.69 Å². The summed E-state index contributed by atoms with van der Waals surface area (Å²) in [5.41, 5.74) is -0.0202. The molecule has 0 aliphatic heterocycles. The highest BCUT2D eigenvalue weighted by molar-refractivity contribution is 5.35. The number of ether oxygens (including phenoxy) is 1. The summed E-state index contributed by atoms with van der Waals surface area (Å²) < 4.78 is 28.7. The maximum Gasteiger partial charge on any atom is 0.269 e. The molecule has 0 fully saturated rings. The van der Waals surface area contributed by atoms with Crippen molar-refractivity contribution in [2.45, 2.75) is 6.43 Å². The first-order valence-electron chi connectivity index (χ1n) is 4.95. The van der Waals surface area contributed by atoms with E-state index in [1.54, 1.807) is 0 Å². The van der Waals surface area contributed by atoms with Gasteiger partial charge in [-0.05, 0) is 12.1 Å². The van der Waals surface area contributed by atoms with Gasteiger partial charge in [0.2, 0.25) is 0 Å². The van der Waals surface area contributed by atoms with Gasteiger partial charge in [0.15, 0.2) is 0 Å². The molecule has 0 atom stereocenters. The molecule has 5 nitrogen and oxygen atoms in total. The van der Waals surface area contributed by atoms with Crippen LogP contribution in [0.3, 0.4) is 0 Å². The second kappa shape index (κ2) is 6.74. The molecule has 0 saturated carbocycles. The Kier molecular flexibility index (Phi) is 5.28. The van der Waals surface area contributed by atoms with Gasteiger partial charge in [0.1, 0.15) is 12.4 Å². The van der Waals surface area contributed by atoms with Crippen molar-refractivity contribution in [2.24, 2.45) is 0 Å². The van der Waals surface area contributed by atoms with Crippen LogP contribution in [0.1, 0.15) is 0 Å². The number of alkyl halides is 2. The number of nitro benzene ring substituents is 1. The summed E-state index contributed by atoms with van der Waals surface area (Å²) in [5, 5.41) is 12.9. The van der Waals surface area contributed by atoms with Gasteiger partial charge < -0.3 is 10.1 Å². The molecule has 17 heavy (non-hydrogen) atoms. The van der Waals surface area contributed by atoms with Crippen molar-refractivity contribution in [2.75, 3.05) is 19.7 Å². The molecule has 1 N–H and O–H groups in total. The maximum atomic E-state index is 11.7. The topological polar surface area (TPSA) is 64.4 Å². The second-order valence-electron chi connectivity index (χ2n) is 3.19. The van der Waals surface area contributed by atoms with Crippen molar-refractivity contribution in [3.05, 3.63) is 34.4 Å². The first-order valence-corrected chi connectivity index (χ1v) is 4.95. The molecule has 0 amide bonds. The van der Waals surface area contributed by atoms with Crippen molar-refractivity contribution < 1.29 is 18.4 Å². The van der Waals surface area contributed by atoms with Crippen molar-refractivity contribution in [3.8, 4) is 5.75 Å². The van der Waals surface area contributed by atoms with Crippen molar-refractivity contribution in [3.63, 3.8) is 0 Å². The zero-order valence-electron chi connectivity index (χ0n) is 8.94. The Labute approximate surface area is 96.5 Å². The highest BCUT2D eigenvalue weighted by Gasteiger charge is 2.04. The summed E-state index contributed by atoms with van der Waals surface area (Å²) in [5.74, 6) is 0.467. The lowest BCUT2D eigenvalue weighted by atomic mass is 10.3. The van der Waals surface area contributed by atoms with Crippen LogP contribution < -0.4 is 10.1 Å². The van der Waals surface area contributed by atoms with Crippen LogP contribution in [0.2, 0.25) is 0 Å². The first-order chi connectivity index (χ1) is 8.09. The Morgan fingerprint density at radius 2 is 2.00 bits per heavy atom. The minimum Gasteiger partial charge on any atom is -0.492 e. The Balaban J connectivity index is 2.25. The lowest BCUT2D eigenvalue weighted by molar-refractivity contribution is -0.384. The average Bonchev–Trinajstić information content (AvgIpc) is 2.29. The summed E-state index contributed by atoms with van der Waals surface area (Å²) in [4.78, 5) is 9.85. The number of non-ortho nitro benzene ring substituents is 1. The minimum absolute atomic E-state index is 0.0202. The molecule has 0 aliphatic rings. The van der Waals surface area contributed by atoms with Crippen LogP contribution in [-0.2, 0) is 0 Å². The molecular weight excluding hydrogens is 234 g/mol. The van der Waals surface area contributed by atoms with E-state index in [0.29, 0.717) is 12.3 Å². The third-order valence-electron chi connectivity index (χ3n) is 1.89. The highest BCUT2D eigenvalue weighted by Crippen LogP contribution is 2.16. The number of rotatable bonds is 7. The number of nitrogens with zero attached hydrogens (tertiary/aromatic N) is 1. The molecule has 0 heterocycles. The minimum atomic E-state index is -2.38. The number of halogens is 2. The normalized spacial score (nSPS) is 10.5. The van der Waals surface area contributed by atoms with Crippen LogP contribution >= 0.6 is 0 Å². The predicted molar refractivity (Wildman–Crippen MR) is 57.5 cm³/mol. The van der Waals surface area contributed by atoms with E-state index in [9.17, 15) is 18.9 Å². The van der Waals surface area contributed by atoms with Gasteiger partial charge in [0, 0.05) is 18.7 Å². The molecule has 94 valence electrons. The predicted octanol–water partition coefficient (Wildman–Crippen LogP) is 1.83. The molecular formula is C10H12F2N2O3. The van der Waals surface area contributed by atoms with E-state index in [2.05, 4.69) is 5.32 Å². The van der Waals surface area contributed by atoms with E-state index in [1.165, 1.54) is 24.3 Å². The Morgan fingerprint density at radius 3 is 2.53 bits per heavy atom. The van der Waals surface area contributed by atoms with Gasteiger partial charge in [-0.2, -0.15) is 0 Å². The molecule has 1 aromatic rings. The first kappa shape index (κ1) is 13.3. The molecule has 0 radical (unpaired) electrons. The average molecular weight is 246 g/mol. The van der Waals surface area contributed by atoms with Crippen LogP contribution in [0.25, 0.3) is 0 Å². The number of nitro groups is 1. The fourth-order valence-electron chi connectivity index (χ4n) is 1.12. The lowest BCUT2D eigenvalue weighted by Gasteiger charge is -2.06. The van der Waals surface area contributed by atoms with E-state index < -0.39 is 11.3 Å². The number of hydrogen-bond donors (Lipinski definition) is 1. The van der Waals surface area contributed by atoms with E-state index >= 15 is 0 Å². The van der Waals surface area contributed by atoms with Crippen LogP contribution in [-0.4, -0.2) is 31.0 Å². The van der Waals surface area contributed by atoms with Crippen LogP contribution in [0.15, 0.2) is 24.3 Å². The smallest absolute Gasteiger partial charge is 0.269 e. The monoisotopic (exact) mass is 246 g/mol. The standard InChI is InChI=1S/C10H12F2N2O3/c11-10(12)7-13-5-6-17-9-3-1-8(2-4-9)14(15)16/h1-4,10,13H,5-7H2. The third-order valence-corrected chi connectivity index (χ3v) is 1.89. The van der Waals surface area contributed by atoms with Gasteiger partial charge in [0.25, 0.3) is 12.1 Å². The van der Waals surface area contributed by atoms with Gasteiger partial charge in [-0.15, -0.1) is 0 Å². The number of benzene rings is 1. The van der Waals surface area contributed by atoms with Gasteiger partial charge in [0.05, 0.1) is 11.5 Å². The molecule has 7 heteroatoms. The highest BCUT2D eigenvalue weighted by atomic mass is 19.3. The molecule has 0 spiro atoms. The molecule has 1 rings (SSSR count). The SMILES string of the molecule is O=[N+]([O-])c1ccc(OCCNCC(F)F)cc1. The van der Waals surface area contributed by atoms with Crippen molar-refractivity contribution in [1.82, 2.24) is 5.32 Å². The number of nitrogens with one attached hydrogen (secondary N) is 1. The quantitative estimate of drug-likeness (QED) is 0.453. The zero-order chi connectivity index (χ0) is 12.7. The van der Waals surface area contributed by atoms with E-state index in [-0.39, 0.29) is 18.8 Å². The van der Waals surface area contributed by atoms with Crippen LogP contribution in [0.5, 0.6) is 5.75 Å². The van der Waals surface area contributed by atoms with Gasteiger partial charge in [-0.3, -0.25) is 10.1 Å². The largest absolute Gasteiger partial charge is 0.492 e. The molecule has 0 saturated heterocycles. The molecule has 0 bridgehead atoms. The van der Waals surface area contributed by atoms with Crippen LogP contribution in [0, 0.1) is 10.1 Å². The zero-order valence-corrected chi connectivity index (χ0v) is 8.94. The lowest BCUT2D eigenvalue weighted by Crippen LogP contribution is -2.26. The summed E-state index contributed by atoms with van der Waals surface area (Å²) >= 11 is 0. The van der Waals surface area contributed by atoms with Crippen molar-refractivity contribution in [1.29, 1.82) is 0 Å². The Hall–Kier alpha value is -1.76. The Bertz CT molecular complexity index is 357. The summed E-state index contributed by atoms with van der Waals surface area (Å²) in [6.07, 6.45) is -2.38. The number of hydrogen-bond acceptors (Lipinski definition) is 4. The summed E-state index contributed by atoms with van der Waals surface area (Å²) in [6.45, 7) is 0.148. The fourth-order valence-corrected chi connectivity index (χ4v) is 1.12. The molecule has 0 aliphatic carbocycles. The summed E-state index contributed by atoms with van der Waals surface area (Å²) in [7, 11) is 0. The third kappa shape index (κ3) is 5.21. The fraction of sp³-hybridized carbons (Fsp3) is 0.400. The maximum absolute atomic E-state index is 11.7. The van der Waals surface area contributed by atoms with E-state index in [1.807, 2.05) is 0 Å². The van der Waals surface area contributed by atoms with E-state index in [4.69, 9.17) is 4.74 Å². The van der Waals surface area contributed by atoms with Gasteiger partial charge in [-0.25, -0.2) is 8.78 Å². The molecule has 0 aromatic heterocycles. The summed E-state index contributed by atoms with van der Waals surface area (Å²) in [6, 6.07) is 5.57. The van der Waals surface area contributed by atoms with E-state index in [0.717, 1.165) is 0 Å². The van der Waals surface area contributed by atoms with Crippen LogP contribution in [0.4, 0.5) is 14.5 Å². The Morgan fingerprint density at radius 1 is 1.35 bits per heavy atom. The van der Waals surface area contributed by atoms with Gasteiger partial charge in [-0.1, -0.05) is 0 Å². The van der Waals surface area contributed by atoms with Gasteiger partial charge >= 0.3 is 0 Å². The molecule has 0 unspecified atom stereocenters. The molecule has 1 aromatic carbocycles.